The summed E-state index contributed by atoms with van der Waals surface area (Å²) in [5.74, 6) is 1.52. The molecule has 0 saturated heterocycles. The molecule has 1 aromatic heterocycles. The van der Waals surface area contributed by atoms with Gasteiger partial charge in [0.2, 0.25) is 0 Å². The first-order chi connectivity index (χ1) is 9.29. The molecule has 5 heteroatoms. The van der Waals surface area contributed by atoms with Crippen molar-refractivity contribution in [1.29, 1.82) is 5.26 Å². The zero-order valence-corrected chi connectivity index (χ0v) is 12.4. The Morgan fingerprint density at radius 2 is 2.21 bits per heavy atom. The Bertz CT molecular complexity index is 598. The zero-order chi connectivity index (χ0) is 13.5. The van der Waals surface area contributed by atoms with Crippen LogP contribution in [0.15, 0.2) is 52.1 Å². The monoisotopic (exact) mass is 334 g/mol. The van der Waals surface area contributed by atoms with Crippen molar-refractivity contribution in [3.63, 3.8) is 0 Å². The number of hydrogen-bond acceptors (Lipinski definition) is 4. The molecule has 96 valence electrons. The number of benzene rings is 1. The van der Waals surface area contributed by atoms with Crippen molar-refractivity contribution in [3.05, 3.63) is 52.6 Å². The summed E-state index contributed by atoms with van der Waals surface area (Å²) < 4.78 is 6.59. The predicted molar refractivity (Wildman–Crippen MR) is 79.3 cm³/mol. The van der Waals surface area contributed by atoms with Crippen LogP contribution in [0.1, 0.15) is 5.56 Å². The van der Waals surface area contributed by atoms with E-state index < -0.39 is 0 Å². The van der Waals surface area contributed by atoms with Gasteiger partial charge in [0.1, 0.15) is 10.8 Å². The number of aromatic nitrogens is 1. The van der Waals surface area contributed by atoms with E-state index in [9.17, 15) is 0 Å². The standard InChI is InChI=1S/C14H11BrN2OS/c15-13-5-2-6-17-14(13)19-8-7-18-12-4-1-3-11(9-12)10-16/h1-6,9H,7-8H2. The van der Waals surface area contributed by atoms with Gasteiger partial charge in [0.05, 0.1) is 18.2 Å². The smallest absolute Gasteiger partial charge is 0.120 e. The summed E-state index contributed by atoms with van der Waals surface area (Å²) in [4.78, 5) is 4.27. The molecule has 0 aliphatic carbocycles. The molecule has 0 N–H and O–H groups in total. The minimum absolute atomic E-state index is 0.572. The molecular weight excluding hydrogens is 324 g/mol. The maximum Gasteiger partial charge on any atom is 0.120 e. The van der Waals surface area contributed by atoms with Crippen molar-refractivity contribution < 1.29 is 4.74 Å². The van der Waals surface area contributed by atoms with Gasteiger partial charge in [-0.2, -0.15) is 5.26 Å². The highest BCUT2D eigenvalue weighted by atomic mass is 79.9. The van der Waals surface area contributed by atoms with Crippen LogP contribution in [0.4, 0.5) is 0 Å². The molecule has 19 heavy (non-hydrogen) atoms. The van der Waals surface area contributed by atoms with Crippen LogP contribution in [0.3, 0.4) is 0 Å². The molecule has 1 aromatic carbocycles. The Labute approximate surface area is 124 Å². The van der Waals surface area contributed by atoms with Gasteiger partial charge in [-0.05, 0) is 46.3 Å². The van der Waals surface area contributed by atoms with E-state index in [1.807, 2.05) is 24.3 Å². The van der Waals surface area contributed by atoms with E-state index in [4.69, 9.17) is 10.00 Å². The van der Waals surface area contributed by atoms with Crippen molar-refractivity contribution in [1.82, 2.24) is 4.98 Å². The van der Waals surface area contributed by atoms with Crippen LogP contribution < -0.4 is 4.74 Å². The molecule has 0 bridgehead atoms. The highest BCUT2D eigenvalue weighted by Gasteiger charge is 2.01. The fraction of sp³-hybridized carbons (Fsp3) is 0.143. The van der Waals surface area contributed by atoms with Crippen LogP contribution in [0.2, 0.25) is 0 Å². The van der Waals surface area contributed by atoms with Crippen LogP contribution in [-0.4, -0.2) is 17.3 Å². The number of halogens is 1. The molecule has 1 heterocycles. The lowest BCUT2D eigenvalue weighted by Crippen LogP contribution is -2.00. The predicted octanol–water partition coefficient (Wildman–Crippen LogP) is 3.89. The topological polar surface area (TPSA) is 45.9 Å². The molecule has 0 aliphatic heterocycles. The van der Waals surface area contributed by atoms with Crippen LogP contribution in [0.5, 0.6) is 5.75 Å². The Balaban J connectivity index is 1.81. The molecule has 0 atom stereocenters. The van der Waals surface area contributed by atoms with Crippen molar-refractivity contribution in [3.8, 4) is 11.8 Å². The highest BCUT2D eigenvalue weighted by Crippen LogP contribution is 2.24. The number of rotatable bonds is 5. The van der Waals surface area contributed by atoms with Crippen LogP contribution in [0.25, 0.3) is 0 Å². The van der Waals surface area contributed by atoms with Gasteiger partial charge in [0.25, 0.3) is 0 Å². The average molecular weight is 335 g/mol. The van der Waals surface area contributed by atoms with Gasteiger partial charge in [-0.15, -0.1) is 11.8 Å². The van der Waals surface area contributed by atoms with Gasteiger partial charge in [0, 0.05) is 16.4 Å². The quantitative estimate of drug-likeness (QED) is 0.614. The fourth-order valence-electron chi connectivity index (χ4n) is 1.43. The summed E-state index contributed by atoms with van der Waals surface area (Å²) in [6, 6.07) is 13.1. The second-order valence-corrected chi connectivity index (χ2v) is 5.56. The number of nitrogens with zero attached hydrogens (tertiary/aromatic N) is 2. The number of ether oxygens (including phenoxy) is 1. The first-order valence-electron chi connectivity index (χ1n) is 5.66. The number of nitriles is 1. The fourth-order valence-corrected chi connectivity index (χ4v) is 2.73. The molecule has 0 radical (unpaired) electrons. The average Bonchev–Trinajstić information content (AvgIpc) is 2.45. The van der Waals surface area contributed by atoms with Gasteiger partial charge in [-0.1, -0.05) is 6.07 Å². The van der Waals surface area contributed by atoms with Gasteiger partial charge in [0.15, 0.2) is 0 Å². The molecule has 0 unspecified atom stereocenters. The second-order valence-electron chi connectivity index (χ2n) is 3.63. The normalized spacial score (nSPS) is 9.89. The summed E-state index contributed by atoms with van der Waals surface area (Å²) in [7, 11) is 0. The first-order valence-corrected chi connectivity index (χ1v) is 7.44. The van der Waals surface area contributed by atoms with Gasteiger partial charge in [-0.3, -0.25) is 0 Å². The van der Waals surface area contributed by atoms with Gasteiger partial charge < -0.3 is 4.74 Å². The second kappa shape index (κ2) is 7.17. The molecule has 0 fully saturated rings. The van der Waals surface area contributed by atoms with E-state index in [-0.39, 0.29) is 0 Å². The van der Waals surface area contributed by atoms with Crippen LogP contribution in [-0.2, 0) is 0 Å². The number of thioether (sulfide) groups is 1. The maximum atomic E-state index is 8.79. The minimum atomic E-state index is 0.572. The molecule has 3 nitrogen and oxygen atoms in total. The van der Waals surface area contributed by atoms with Crippen molar-refractivity contribution >= 4 is 27.7 Å². The highest BCUT2D eigenvalue weighted by molar-refractivity contribution is 9.10. The summed E-state index contributed by atoms with van der Waals surface area (Å²) in [5, 5.41) is 9.75. The van der Waals surface area contributed by atoms with E-state index in [0.29, 0.717) is 12.2 Å². The summed E-state index contributed by atoms with van der Waals surface area (Å²) in [5.41, 5.74) is 0.609. The van der Waals surface area contributed by atoms with Crippen LogP contribution in [0, 0.1) is 11.3 Å². The Kier molecular flexibility index (Phi) is 5.25. The summed E-state index contributed by atoms with van der Waals surface area (Å²) >= 11 is 5.08. The lowest BCUT2D eigenvalue weighted by molar-refractivity contribution is 0.344. The van der Waals surface area contributed by atoms with E-state index in [1.54, 1.807) is 30.1 Å². The molecular formula is C14H11BrN2OS. The van der Waals surface area contributed by atoms with E-state index in [1.165, 1.54) is 0 Å². The lowest BCUT2D eigenvalue weighted by Gasteiger charge is -2.06. The minimum Gasteiger partial charge on any atom is -0.493 e. The largest absolute Gasteiger partial charge is 0.493 e. The SMILES string of the molecule is N#Cc1cccc(OCCSc2ncccc2Br)c1. The van der Waals surface area contributed by atoms with Crippen molar-refractivity contribution in [2.24, 2.45) is 0 Å². The van der Waals surface area contributed by atoms with Crippen molar-refractivity contribution in [2.75, 3.05) is 12.4 Å². The van der Waals surface area contributed by atoms with E-state index in [0.717, 1.165) is 21.0 Å². The van der Waals surface area contributed by atoms with E-state index >= 15 is 0 Å². The molecule has 2 aromatic rings. The number of hydrogen-bond donors (Lipinski definition) is 0. The third-order valence-electron chi connectivity index (χ3n) is 2.28. The van der Waals surface area contributed by atoms with E-state index in [2.05, 4.69) is 27.0 Å². The Morgan fingerprint density at radius 1 is 1.32 bits per heavy atom. The number of pyridine rings is 1. The van der Waals surface area contributed by atoms with Gasteiger partial charge in [-0.25, -0.2) is 4.98 Å². The summed E-state index contributed by atoms with van der Waals surface area (Å²) in [6.07, 6.45) is 1.77. The molecule has 0 spiro atoms. The van der Waals surface area contributed by atoms with Gasteiger partial charge >= 0.3 is 0 Å². The third kappa shape index (κ3) is 4.27. The maximum absolute atomic E-state index is 8.79. The zero-order valence-electron chi connectivity index (χ0n) is 10.0. The Morgan fingerprint density at radius 3 is 3.00 bits per heavy atom. The van der Waals surface area contributed by atoms with Crippen molar-refractivity contribution in [2.45, 2.75) is 5.03 Å². The summed E-state index contributed by atoms with van der Waals surface area (Å²) in [6.45, 7) is 0.572. The lowest BCUT2D eigenvalue weighted by atomic mass is 10.2. The van der Waals surface area contributed by atoms with Crippen LogP contribution >= 0.6 is 27.7 Å². The molecule has 2 rings (SSSR count). The molecule has 0 saturated carbocycles. The molecule has 0 amide bonds. The third-order valence-corrected chi connectivity index (χ3v) is 4.15. The first kappa shape index (κ1) is 13.9. The molecule has 0 aliphatic rings. The Hall–Kier alpha value is -1.51.